The van der Waals surface area contributed by atoms with Gasteiger partial charge in [0, 0.05) is 11.6 Å². The van der Waals surface area contributed by atoms with Crippen LogP contribution in [0.5, 0.6) is 0 Å². The first-order valence-electron chi connectivity index (χ1n) is 4.69. The molecule has 4 heteroatoms. The molecule has 15 heavy (non-hydrogen) atoms. The molecule has 1 aromatic heterocycles. The molecule has 0 amide bonds. The first-order chi connectivity index (χ1) is 7.22. The highest BCUT2D eigenvalue weighted by molar-refractivity contribution is 6.30. The summed E-state index contributed by atoms with van der Waals surface area (Å²) < 4.78 is 1.95. The van der Waals surface area contributed by atoms with Gasteiger partial charge in [-0.1, -0.05) is 23.7 Å². The fourth-order valence-corrected chi connectivity index (χ4v) is 1.89. The molecule has 0 aliphatic carbocycles. The Hall–Kier alpha value is -0.990. The van der Waals surface area contributed by atoms with E-state index in [0.717, 1.165) is 22.8 Å². The molecule has 0 N–H and O–H groups in total. The van der Waals surface area contributed by atoms with Crippen molar-refractivity contribution >= 4 is 23.2 Å². The van der Waals surface area contributed by atoms with Crippen LogP contribution in [0.4, 0.5) is 0 Å². The quantitative estimate of drug-likeness (QED) is 0.780. The van der Waals surface area contributed by atoms with Crippen LogP contribution in [-0.4, -0.2) is 9.55 Å². The van der Waals surface area contributed by atoms with Gasteiger partial charge >= 0.3 is 0 Å². The van der Waals surface area contributed by atoms with E-state index < -0.39 is 0 Å². The summed E-state index contributed by atoms with van der Waals surface area (Å²) in [7, 11) is 0. The minimum Gasteiger partial charge on any atom is -0.315 e. The van der Waals surface area contributed by atoms with E-state index in [2.05, 4.69) is 4.98 Å². The maximum atomic E-state index is 5.95. The summed E-state index contributed by atoms with van der Waals surface area (Å²) in [5.74, 6) is 0. The van der Waals surface area contributed by atoms with E-state index in [0.29, 0.717) is 5.28 Å². The van der Waals surface area contributed by atoms with Crippen LogP contribution in [0.1, 0.15) is 6.92 Å². The van der Waals surface area contributed by atoms with Gasteiger partial charge in [0.25, 0.3) is 0 Å². The number of rotatable bonds is 2. The standard InChI is InChI=1S/C11H10Cl2N2/c1-2-15-10(7-14-11(15)13)8-3-5-9(12)6-4-8/h3-7H,2H2,1H3. The second-order valence-electron chi connectivity index (χ2n) is 3.16. The lowest BCUT2D eigenvalue weighted by molar-refractivity contribution is 0.770. The molecule has 0 bridgehead atoms. The molecule has 78 valence electrons. The lowest BCUT2D eigenvalue weighted by Crippen LogP contribution is -1.96. The maximum absolute atomic E-state index is 5.95. The molecule has 0 unspecified atom stereocenters. The molecule has 0 aliphatic rings. The van der Waals surface area contributed by atoms with Crippen LogP contribution in [0.3, 0.4) is 0 Å². The van der Waals surface area contributed by atoms with Crippen molar-refractivity contribution in [1.82, 2.24) is 9.55 Å². The molecule has 0 fully saturated rings. The number of nitrogens with zero attached hydrogens (tertiary/aromatic N) is 2. The Kier molecular flexibility index (Phi) is 2.98. The van der Waals surface area contributed by atoms with Crippen molar-refractivity contribution in [3.8, 4) is 11.3 Å². The summed E-state index contributed by atoms with van der Waals surface area (Å²) >= 11 is 11.8. The Morgan fingerprint density at radius 2 is 1.87 bits per heavy atom. The highest BCUT2D eigenvalue weighted by atomic mass is 35.5. The number of benzene rings is 1. The molecule has 0 saturated heterocycles. The summed E-state index contributed by atoms with van der Waals surface area (Å²) in [6, 6.07) is 7.64. The highest BCUT2D eigenvalue weighted by Gasteiger charge is 2.07. The molecule has 0 aliphatic heterocycles. The third-order valence-electron chi connectivity index (χ3n) is 2.26. The van der Waals surface area contributed by atoms with E-state index in [-0.39, 0.29) is 0 Å². The third kappa shape index (κ3) is 2.01. The minimum absolute atomic E-state index is 0.516. The number of imidazole rings is 1. The van der Waals surface area contributed by atoms with Gasteiger partial charge in [0.05, 0.1) is 11.9 Å². The Morgan fingerprint density at radius 3 is 2.47 bits per heavy atom. The van der Waals surface area contributed by atoms with E-state index in [1.807, 2.05) is 35.8 Å². The summed E-state index contributed by atoms with van der Waals surface area (Å²) in [6.45, 7) is 2.84. The van der Waals surface area contributed by atoms with Crippen LogP contribution in [-0.2, 0) is 6.54 Å². The van der Waals surface area contributed by atoms with E-state index in [9.17, 15) is 0 Å². The number of halogens is 2. The van der Waals surface area contributed by atoms with Gasteiger partial charge in [-0.25, -0.2) is 4.98 Å². The van der Waals surface area contributed by atoms with Crippen molar-refractivity contribution in [2.75, 3.05) is 0 Å². The lowest BCUT2D eigenvalue weighted by Gasteiger charge is -2.06. The van der Waals surface area contributed by atoms with Crippen LogP contribution >= 0.6 is 23.2 Å². The van der Waals surface area contributed by atoms with E-state index >= 15 is 0 Å². The molecule has 0 atom stereocenters. The molecule has 0 saturated carbocycles. The lowest BCUT2D eigenvalue weighted by atomic mass is 10.2. The average molecular weight is 241 g/mol. The molecule has 0 spiro atoms. The summed E-state index contributed by atoms with van der Waals surface area (Å²) in [5.41, 5.74) is 2.08. The fraction of sp³-hybridized carbons (Fsp3) is 0.182. The second kappa shape index (κ2) is 4.25. The van der Waals surface area contributed by atoms with Crippen LogP contribution in [0.2, 0.25) is 10.3 Å². The molecule has 2 nitrogen and oxygen atoms in total. The molecular formula is C11H10Cl2N2. The Morgan fingerprint density at radius 1 is 1.20 bits per heavy atom. The molecule has 1 heterocycles. The van der Waals surface area contributed by atoms with Gasteiger partial charge < -0.3 is 4.57 Å². The SMILES string of the molecule is CCn1c(-c2ccc(Cl)cc2)cnc1Cl. The Balaban J connectivity index is 2.49. The minimum atomic E-state index is 0.516. The van der Waals surface area contributed by atoms with Gasteiger partial charge in [-0.2, -0.15) is 0 Å². The zero-order valence-corrected chi connectivity index (χ0v) is 9.76. The third-order valence-corrected chi connectivity index (χ3v) is 2.82. The Bertz CT molecular complexity index is 460. The van der Waals surface area contributed by atoms with Crippen molar-refractivity contribution in [2.24, 2.45) is 0 Å². The van der Waals surface area contributed by atoms with Crippen LogP contribution in [0, 0.1) is 0 Å². The zero-order chi connectivity index (χ0) is 10.8. The molecular weight excluding hydrogens is 231 g/mol. The normalized spacial score (nSPS) is 10.6. The number of hydrogen-bond donors (Lipinski definition) is 0. The van der Waals surface area contributed by atoms with Gasteiger partial charge in [0.1, 0.15) is 0 Å². The van der Waals surface area contributed by atoms with Crippen molar-refractivity contribution < 1.29 is 0 Å². The van der Waals surface area contributed by atoms with Gasteiger partial charge in [-0.3, -0.25) is 0 Å². The van der Waals surface area contributed by atoms with Crippen molar-refractivity contribution in [1.29, 1.82) is 0 Å². The number of aromatic nitrogens is 2. The largest absolute Gasteiger partial charge is 0.315 e. The fourth-order valence-electron chi connectivity index (χ4n) is 1.51. The molecule has 2 aromatic rings. The maximum Gasteiger partial charge on any atom is 0.203 e. The second-order valence-corrected chi connectivity index (χ2v) is 3.94. The van der Waals surface area contributed by atoms with Gasteiger partial charge in [0.15, 0.2) is 0 Å². The first-order valence-corrected chi connectivity index (χ1v) is 5.45. The zero-order valence-electron chi connectivity index (χ0n) is 8.24. The highest BCUT2D eigenvalue weighted by Crippen LogP contribution is 2.24. The first kappa shape index (κ1) is 10.5. The summed E-state index contributed by atoms with van der Waals surface area (Å²) in [4.78, 5) is 4.08. The average Bonchev–Trinajstić information content (AvgIpc) is 2.61. The van der Waals surface area contributed by atoms with Crippen LogP contribution in [0.15, 0.2) is 30.5 Å². The van der Waals surface area contributed by atoms with Gasteiger partial charge in [0.2, 0.25) is 5.28 Å². The van der Waals surface area contributed by atoms with E-state index in [1.165, 1.54) is 0 Å². The van der Waals surface area contributed by atoms with Crippen molar-refractivity contribution in [3.05, 3.63) is 40.8 Å². The Labute approximate surface area is 98.5 Å². The monoisotopic (exact) mass is 240 g/mol. The summed E-state index contributed by atoms with van der Waals surface area (Å²) in [5, 5.41) is 1.25. The predicted octanol–water partition coefficient (Wildman–Crippen LogP) is 3.88. The summed E-state index contributed by atoms with van der Waals surface area (Å²) in [6.07, 6.45) is 1.77. The van der Waals surface area contributed by atoms with Crippen LogP contribution in [0.25, 0.3) is 11.3 Å². The topological polar surface area (TPSA) is 17.8 Å². The van der Waals surface area contributed by atoms with Crippen molar-refractivity contribution in [3.63, 3.8) is 0 Å². The van der Waals surface area contributed by atoms with Crippen molar-refractivity contribution in [2.45, 2.75) is 13.5 Å². The molecule has 0 radical (unpaired) electrons. The smallest absolute Gasteiger partial charge is 0.203 e. The van der Waals surface area contributed by atoms with Gasteiger partial charge in [-0.15, -0.1) is 0 Å². The van der Waals surface area contributed by atoms with Gasteiger partial charge in [-0.05, 0) is 36.2 Å². The van der Waals surface area contributed by atoms with E-state index in [4.69, 9.17) is 23.2 Å². The molecule has 1 aromatic carbocycles. The predicted molar refractivity (Wildman–Crippen MR) is 63.4 cm³/mol. The molecule has 2 rings (SSSR count). The number of hydrogen-bond acceptors (Lipinski definition) is 1. The van der Waals surface area contributed by atoms with E-state index in [1.54, 1.807) is 6.20 Å². The van der Waals surface area contributed by atoms with Crippen LogP contribution < -0.4 is 0 Å².